The second-order valence-corrected chi connectivity index (χ2v) is 5.96. The Morgan fingerprint density at radius 3 is 2.75 bits per heavy atom. The zero-order chi connectivity index (χ0) is 16.8. The highest BCUT2D eigenvalue weighted by atomic mass is 35.5. The van der Waals surface area contributed by atoms with Crippen molar-refractivity contribution in [3.63, 3.8) is 0 Å². The van der Waals surface area contributed by atoms with Crippen LogP contribution in [0.15, 0.2) is 48.5 Å². The molecule has 2 atom stereocenters. The predicted molar refractivity (Wildman–Crippen MR) is 92.2 cm³/mol. The Bertz CT molecular complexity index is 667. The van der Waals surface area contributed by atoms with Gasteiger partial charge in [0.05, 0.1) is 5.02 Å². The summed E-state index contributed by atoms with van der Waals surface area (Å²) in [5, 5.41) is 13.7. The Hall–Kier alpha value is -1.95. The van der Waals surface area contributed by atoms with Gasteiger partial charge in [-0.2, -0.15) is 0 Å². The average molecular weight is 350 g/mol. The third kappa shape index (κ3) is 4.54. The molecule has 2 N–H and O–H groups in total. The number of rotatable bonds is 7. The molecule has 0 amide bonds. The van der Waals surface area contributed by atoms with Crippen LogP contribution in [0.25, 0.3) is 0 Å². The maximum absolute atomic E-state index is 9.99. The molecule has 1 aliphatic heterocycles. The van der Waals surface area contributed by atoms with Crippen molar-refractivity contribution >= 4 is 11.6 Å². The number of aliphatic hydroxyl groups excluding tert-OH is 1. The Kier molecular flexibility index (Phi) is 5.80. The predicted octanol–water partition coefficient (Wildman–Crippen LogP) is 2.51. The van der Waals surface area contributed by atoms with E-state index in [1.54, 1.807) is 12.1 Å². The van der Waals surface area contributed by atoms with Crippen LogP contribution in [-0.4, -0.2) is 43.6 Å². The molecule has 0 radical (unpaired) electrons. The van der Waals surface area contributed by atoms with E-state index in [4.69, 9.17) is 25.8 Å². The maximum atomic E-state index is 9.99. The van der Waals surface area contributed by atoms with E-state index in [0.717, 1.165) is 11.5 Å². The molecule has 128 valence electrons. The van der Waals surface area contributed by atoms with Crippen molar-refractivity contribution in [3.8, 4) is 17.2 Å². The highest BCUT2D eigenvalue weighted by molar-refractivity contribution is 6.32. The summed E-state index contributed by atoms with van der Waals surface area (Å²) in [5.41, 5.74) is 0. The molecule has 1 heterocycles. The summed E-state index contributed by atoms with van der Waals surface area (Å²) in [6.07, 6.45) is -0.727. The van der Waals surface area contributed by atoms with Crippen LogP contribution in [0, 0.1) is 0 Å². The summed E-state index contributed by atoms with van der Waals surface area (Å²) in [6, 6.07) is 14.8. The zero-order valence-corrected chi connectivity index (χ0v) is 13.9. The standard InChI is InChI=1S/C18H20ClNO4/c19-15-5-1-2-6-16(15)22-11-13(21)9-20-10-14-12-23-17-7-3-4-8-18(17)24-14/h1-8,13-14,20-21H,9-12H2/t13-,14-/m1/s1. The molecular formula is C18H20ClNO4. The van der Waals surface area contributed by atoms with Crippen LogP contribution >= 0.6 is 11.6 Å². The lowest BCUT2D eigenvalue weighted by Gasteiger charge is -2.27. The second-order valence-electron chi connectivity index (χ2n) is 5.55. The van der Waals surface area contributed by atoms with Crippen molar-refractivity contribution < 1.29 is 19.3 Å². The van der Waals surface area contributed by atoms with Crippen LogP contribution < -0.4 is 19.5 Å². The molecule has 3 rings (SSSR count). The number of benzene rings is 2. The minimum Gasteiger partial charge on any atom is -0.489 e. The maximum Gasteiger partial charge on any atom is 0.161 e. The smallest absolute Gasteiger partial charge is 0.161 e. The third-order valence-corrected chi connectivity index (χ3v) is 3.90. The minimum atomic E-state index is -0.641. The molecule has 0 fully saturated rings. The van der Waals surface area contributed by atoms with Crippen LogP contribution in [0.5, 0.6) is 17.2 Å². The van der Waals surface area contributed by atoms with E-state index in [2.05, 4.69) is 5.32 Å². The van der Waals surface area contributed by atoms with E-state index in [9.17, 15) is 5.11 Å². The number of ether oxygens (including phenoxy) is 3. The molecule has 0 aromatic heterocycles. The van der Waals surface area contributed by atoms with Crippen molar-refractivity contribution in [3.05, 3.63) is 53.6 Å². The fourth-order valence-electron chi connectivity index (χ4n) is 2.38. The number of hydrogen-bond acceptors (Lipinski definition) is 5. The van der Waals surface area contributed by atoms with Gasteiger partial charge in [-0.15, -0.1) is 0 Å². The summed E-state index contributed by atoms with van der Waals surface area (Å²) >= 11 is 6.00. The van der Waals surface area contributed by atoms with E-state index in [-0.39, 0.29) is 12.7 Å². The van der Waals surface area contributed by atoms with Gasteiger partial charge >= 0.3 is 0 Å². The average Bonchev–Trinajstić information content (AvgIpc) is 2.61. The van der Waals surface area contributed by atoms with Crippen LogP contribution in [0.3, 0.4) is 0 Å². The number of para-hydroxylation sites is 3. The summed E-state index contributed by atoms with van der Waals surface area (Å²) < 4.78 is 17.0. The van der Waals surface area contributed by atoms with Crippen LogP contribution in [0.4, 0.5) is 0 Å². The first-order valence-corrected chi connectivity index (χ1v) is 8.25. The van der Waals surface area contributed by atoms with Crippen molar-refractivity contribution in [1.82, 2.24) is 5.32 Å². The first-order valence-electron chi connectivity index (χ1n) is 7.87. The lowest BCUT2D eigenvalue weighted by Crippen LogP contribution is -2.41. The van der Waals surface area contributed by atoms with Gasteiger partial charge in [0.1, 0.15) is 31.2 Å². The fraction of sp³-hybridized carbons (Fsp3) is 0.333. The van der Waals surface area contributed by atoms with Gasteiger partial charge in [0.2, 0.25) is 0 Å². The van der Waals surface area contributed by atoms with Crippen molar-refractivity contribution in [2.75, 3.05) is 26.3 Å². The molecule has 6 heteroatoms. The Morgan fingerprint density at radius 1 is 1.17 bits per heavy atom. The topological polar surface area (TPSA) is 60.0 Å². The summed E-state index contributed by atoms with van der Waals surface area (Å²) in [6.45, 7) is 1.63. The van der Waals surface area contributed by atoms with E-state index in [1.807, 2.05) is 36.4 Å². The molecule has 0 aliphatic carbocycles. The lowest BCUT2D eigenvalue weighted by molar-refractivity contribution is 0.0778. The molecule has 0 bridgehead atoms. The van der Waals surface area contributed by atoms with E-state index in [1.165, 1.54) is 0 Å². The molecule has 2 aromatic rings. The quantitative estimate of drug-likeness (QED) is 0.804. The molecule has 0 unspecified atom stereocenters. The van der Waals surface area contributed by atoms with Crippen molar-refractivity contribution in [2.24, 2.45) is 0 Å². The summed E-state index contributed by atoms with van der Waals surface area (Å²) in [5.74, 6) is 2.08. The molecule has 1 aliphatic rings. The van der Waals surface area contributed by atoms with Gasteiger partial charge in [0.25, 0.3) is 0 Å². The number of halogens is 1. The summed E-state index contributed by atoms with van der Waals surface area (Å²) in [4.78, 5) is 0. The number of nitrogens with one attached hydrogen (secondary N) is 1. The van der Waals surface area contributed by atoms with E-state index in [0.29, 0.717) is 30.5 Å². The number of aliphatic hydroxyl groups is 1. The van der Waals surface area contributed by atoms with E-state index >= 15 is 0 Å². The lowest BCUT2D eigenvalue weighted by atomic mass is 10.2. The molecule has 0 spiro atoms. The fourth-order valence-corrected chi connectivity index (χ4v) is 2.57. The number of fused-ring (bicyclic) bond motifs is 1. The van der Waals surface area contributed by atoms with Crippen molar-refractivity contribution in [2.45, 2.75) is 12.2 Å². The van der Waals surface area contributed by atoms with Gasteiger partial charge in [0, 0.05) is 13.1 Å². The highest BCUT2D eigenvalue weighted by Crippen LogP contribution is 2.30. The molecule has 0 saturated carbocycles. The number of hydrogen-bond donors (Lipinski definition) is 2. The Labute approximate surface area is 146 Å². The third-order valence-electron chi connectivity index (χ3n) is 3.59. The molecular weight excluding hydrogens is 330 g/mol. The van der Waals surface area contributed by atoms with Gasteiger partial charge in [-0.1, -0.05) is 35.9 Å². The SMILES string of the molecule is O[C@H](CNC[C@@H]1COc2ccccc2O1)COc1ccccc1Cl. The second kappa shape index (κ2) is 8.24. The Balaban J connectivity index is 1.37. The molecule has 0 saturated heterocycles. The van der Waals surface area contributed by atoms with Gasteiger partial charge in [0.15, 0.2) is 11.5 Å². The first-order chi connectivity index (χ1) is 11.7. The Morgan fingerprint density at radius 2 is 1.92 bits per heavy atom. The largest absolute Gasteiger partial charge is 0.489 e. The normalized spacial score (nSPS) is 17.3. The zero-order valence-electron chi connectivity index (χ0n) is 13.2. The van der Waals surface area contributed by atoms with Gasteiger partial charge in [-0.3, -0.25) is 0 Å². The van der Waals surface area contributed by atoms with Gasteiger partial charge in [-0.05, 0) is 24.3 Å². The van der Waals surface area contributed by atoms with Crippen molar-refractivity contribution in [1.29, 1.82) is 0 Å². The highest BCUT2D eigenvalue weighted by Gasteiger charge is 2.20. The first kappa shape index (κ1) is 16.9. The minimum absolute atomic E-state index is 0.0865. The summed E-state index contributed by atoms with van der Waals surface area (Å²) in [7, 11) is 0. The molecule has 5 nitrogen and oxygen atoms in total. The van der Waals surface area contributed by atoms with Crippen LogP contribution in [0.2, 0.25) is 5.02 Å². The van der Waals surface area contributed by atoms with Gasteiger partial charge < -0.3 is 24.6 Å². The molecule has 24 heavy (non-hydrogen) atoms. The van der Waals surface area contributed by atoms with E-state index < -0.39 is 6.10 Å². The van der Waals surface area contributed by atoms with Crippen LogP contribution in [-0.2, 0) is 0 Å². The van der Waals surface area contributed by atoms with Crippen LogP contribution in [0.1, 0.15) is 0 Å². The molecule has 2 aromatic carbocycles. The monoisotopic (exact) mass is 349 g/mol. The van der Waals surface area contributed by atoms with Gasteiger partial charge in [-0.25, -0.2) is 0 Å².